The van der Waals surface area contributed by atoms with E-state index in [-0.39, 0.29) is 41.4 Å². The van der Waals surface area contributed by atoms with Crippen molar-refractivity contribution < 1.29 is 22.9 Å². The Balaban J connectivity index is 1.61. The van der Waals surface area contributed by atoms with E-state index < -0.39 is 20.9 Å². The third-order valence-corrected chi connectivity index (χ3v) is 8.27. The molecule has 0 radical (unpaired) electrons. The number of non-ortho nitro benzene ring substituents is 1. The van der Waals surface area contributed by atoms with Gasteiger partial charge in [-0.05, 0) is 44.2 Å². The molecule has 1 aliphatic heterocycles. The van der Waals surface area contributed by atoms with E-state index in [1.165, 1.54) is 40.7 Å². The monoisotopic (exact) mass is 490 g/mol. The van der Waals surface area contributed by atoms with Crippen LogP contribution in [0.4, 0.5) is 5.69 Å². The zero-order valence-electron chi connectivity index (χ0n) is 18.2. The Labute approximate surface area is 193 Å². The Bertz CT molecular complexity index is 1400. The zero-order valence-corrected chi connectivity index (χ0v) is 19.8. The topological polar surface area (TPSA) is 124 Å². The van der Waals surface area contributed by atoms with E-state index in [0.29, 0.717) is 15.0 Å². The number of hydrogen-bond donors (Lipinski definition) is 0. The molecule has 2 atom stereocenters. The summed E-state index contributed by atoms with van der Waals surface area (Å²) in [7, 11) is -1.99. The number of benzene rings is 2. The fraction of sp³-hybridized carbons (Fsp3) is 0.333. The quantitative estimate of drug-likeness (QED) is 0.409. The lowest BCUT2D eigenvalue weighted by molar-refractivity contribution is -0.384. The number of carbonyl (C=O) groups is 1. The van der Waals surface area contributed by atoms with E-state index in [1.807, 2.05) is 13.8 Å². The maximum atomic E-state index is 13.0. The number of sulfonamides is 1. The van der Waals surface area contributed by atoms with Gasteiger partial charge in [0, 0.05) is 37.8 Å². The number of rotatable bonds is 4. The van der Waals surface area contributed by atoms with E-state index >= 15 is 0 Å². The van der Waals surface area contributed by atoms with Crippen LogP contribution < -0.4 is 4.80 Å². The zero-order chi connectivity index (χ0) is 23.9. The number of nitro benzene ring substituents is 1. The summed E-state index contributed by atoms with van der Waals surface area (Å²) in [6, 6.07) is 10.1. The number of thiazole rings is 1. The normalized spacial score (nSPS) is 20.3. The number of hydrogen-bond acceptors (Lipinski definition) is 7. The van der Waals surface area contributed by atoms with Gasteiger partial charge in [0.2, 0.25) is 10.0 Å². The standard InChI is InChI=1S/C21H22N4O6S2/c1-13-11-24(12-14(2)31-13)33(29,30)17-7-4-15(5-8-17)20(26)22-21-23(3)18-9-6-16(25(27)28)10-19(18)32-21/h4-10,13-14H,11-12H2,1-3H3/t13-,14-/m1/s1. The molecule has 2 aromatic carbocycles. The van der Waals surface area contributed by atoms with Gasteiger partial charge < -0.3 is 9.30 Å². The van der Waals surface area contributed by atoms with Crippen molar-refractivity contribution in [1.29, 1.82) is 0 Å². The number of fused-ring (bicyclic) bond motifs is 1. The van der Waals surface area contributed by atoms with E-state index in [9.17, 15) is 23.3 Å². The van der Waals surface area contributed by atoms with Gasteiger partial charge in [-0.25, -0.2) is 8.42 Å². The van der Waals surface area contributed by atoms with Crippen molar-refractivity contribution in [3.63, 3.8) is 0 Å². The number of nitrogens with zero attached hydrogens (tertiary/aromatic N) is 4. The van der Waals surface area contributed by atoms with Crippen LogP contribution >= 0.6 is 11.3 Å². The van der Waals surface area contributed by atoms with E-state index in [1.54, 1.807) is 17.7 Å². The minimum absolute atomic E-state index is 0.0388. The first-order valence-corrected chi connectivity index (χ1v) is 12.4. The second kappa shape index (κ2) is 8.78. The molecule has 174 valence electrons. The molecule has 33 heavy (non-hydrogen) atoms. The molecule has 1 aliphatic rings. The van der Waals surface area contributed by atoms with Crippen LogP contribution in [-0.2, 0) is 21.8 Å². The van der Waals surface area contributed by atoms with Crippen LogP contribution in [0.25, 0.3) is 10.2 Å². The third-order valence-electron chi connectivity index (χ3n) is 5.33. The highest BCUT2D eigenvalue weighted by atomic mass is 32.2. The molecule has 0 aliphatic carbocycles. The Kier molecular flexibility index (Phi) is 6.18. The molecule has 1 saturated heterocycles. The fourth-order valence-electron chi connectivity index (χ4n) is 3.74. The Hall–Kier alpha value is -2.93. The molecule has 1 fully saturated rings. The van der Waals surface area contributed by atoms with Crippen LogP contribution in [0.5, 0.6) is 0 Å². The number of amides is 1. The number of carbonyl (C=O) groups excluding carboxylic acids is 1. The van der Waals surface area contributed by atoms with Crippen LogP contribution in [0.3, 0.4) is 0 Å². The van der Waals surface area contributed by atoms with E-state index in [0.717, 1.165) is 11.3 Å². The Morgan fingerprint density at radius 2 is 1.79 bits per heavy atom. The predicted octanol–water partition coefficient (Wildman–Crippen LogP) is 2.69. The second-order valence-electron chi connectivity index (χ2n) is 7.87. The predicted molar refractivity (Wildman–Crippen MR) is 123 cm³/mol. The van der Waals surface area contributed by atoms with Gasteiger partial charge >= 0.3 is 0 Å². The highest BCUT2D eigenvalue weighted by molar-refractivity contribution is 7.89. The van der Waals surface area contributed by atoms with Crippen LogP contribution in [0.15, 0.2) is 52.4 Å². The van der Waals surface area contributed by atoms with Gasteiger partial charge in [0.25, 0.3) is 11.6 Å². The second-order valence-corrected chi connectivity index (χ2v) is 10.8. The van der Waals surface area contributed by atoms with Crippen molar-refractivity contribution in [3.8, 4) is 0 Å². The van der Waals surface area contributed by atoms with Crippen molar-refractivity contribution >= 4 is 43.2 Å². The Morgan fingerprint density at radius 1 is 1.15 bits per heavy atom. The molecule has 1 amide bonds. The molecule has 4 rings (SSSR count). The molecule has 0 unspecified atom stereocenters. The van der Waals surface area contributed by atoms with Crippen LogP contribution in [0.2, 0.25) is 0 Å². The molecule has 12 heteroatoms. The van der Waals surface area contributed by atoms with Gasteiger partial charge in [0.05, 0.1) is 32.2 Å². The summed E-state index contributed by atoms with van der Waals surface area (Å²) in [5.41, 5.74) is 0.914. The van der Waals surface area contributed by atoms with Gasteiger partial charge in [0.15, 0.2) is 4.80 Å². The maximum Gasteiger partial charge on any atom is 0.279 e. The molecule has 0 spiro atoms. The smallest absolute Gasteiger partial charge is 0.279 e. The summed E-state index contributed by atoms with van der Waals surface area (Å²) >= 11 is 1.16. The third kappa shape index (κ3) is 4.60. The Morgan fingerprint density at radius 3 is 2.39 bits per heavy atom. The van der Waals surface area contributed by atoms with E-state index in [4.69, 9.17) is 4.74 Å². The van der Waals surface area contributed by atoms with Crippen molar-refractivity contribution in [2.45, 2.75) is 31.0 Å². The number of aryl methyl sites for hydroxylation is 1. The summed E-state index contributed by atoms with van der Waals surface area (Å²) < 4.78 is 35.3. The van der Waals surface area contributed by atoms with Crippen molar-refractivity contribution in [2.75, 3.05) is 13.1 Å². The van der Waals surface area contributed by atoms with Crippen LogP contribution in [0, 0.1) is 10.1 Å². The summed E-state index contributed by atoms with van der Waals surface area (Å²) in [5.74, 6) is -0.538. The molecule has 2 heterocycles. The average molecular weight is 491 g/mol. The first-order valence-electron chi connectivity index (χ1n) is 10.1. The summed E-state index contributed by atoms with van der Waals surface area (Å²) in [6.07, 6.45) is -0.404. The first kappa shape index (κ1) is 23.2. The molecule has 10 nitrogen and oxygen atoms in total. The largest absolute Gasteiger partial charge is 0.373 e. The van der Waals surface area contributed by atoms with Gasteiger partial charge in [0.1, 0.15) is 0 Å². The van der Waals surface area contributed by atoms with Crippen LogP contribution in [0.1, 0.15) is 24.2 Å². The average Bonchev–Trinajstić information content (AvgIpc) is 3.07. The van der Waals surface area contributed by atoms with Gasteiger partial charge in [-0.3, -0.25) is 14.9 Å². The lowest BCUT2D eigenvalue weighted by atomic mass is 10.2. The maximum absolute atomic E-state index is 13.0. The minimum Gasteiger partial charge on any atom is -0.373 e. The van der Waals surface area contributed by atoms with Gasteiger partial charge in [-0.1, -0.05) is 11.3 Å². The lowest BCUT2D eigenvalue weighted by Crippen LogP contribution is -2.48. The summed E-state index contributed by atoms with van der Waals surface area (Å²) in [5, 5.41) is 11.0. The van der Waals surface area contributed by atoms with Crippen LogP contribution in [-0.4, -0.2) is 53.4 Å². The SMILES string of the molecule is C[C@@H]1CN(S(=O)(=O)c2ccc(C(=O)N=c3sc4cc([N+](=O)[O-])ccc4n3C)cc2)C[C@@H](C)O1. The molecular formula is C21H22N4O6S2. The molecule has 0 N–H and O–H groups in total. The number of nitro groups is 1. The fourth-order valence-corrected chi connectivity index (χ4v) is 6.38. The molecule has 0 bridgehead atoms. The molecule has 3 aromatic rings. The number of aromatic nitrogens is 1. The van der Waals surface area contributed by atoms with Crippen molar-refractivity contribution in [1.82, 2.24) is 8.87 Å². The lowest BCUT2D eigenvalue weighted by Gasteiger charge is -2.34. The van der Waals surface area contributed by atoms with Crippen molar-refractivity contribution in [2.24, 2.45) is 12.0 Å². The van der Waals surface area contributed by atoms with E-state index in [2.05, 4.69) is 4.99 Å². The van der Waals surface area contributed by atoms with Gasteiger partial charge in [-0.15, -0.1) is 0 Å². The molecular weight excluding hydrogens is 468 g/mol. The van der Waals surface area contributed by atoms with Gasteiger partial charge in [-0.2, -0.15) is 9.30 Å². The first-order chi connectivity index (χ1) is 15.6. The number of ether oxygens (including phenoxy) is 1. The van der Waals surface area contributed by atoms with Crippen molar-refractivity contribution in [3.05, 3.63) is 62.9 Å². The number of morpholine rings is 1. The molecule has 0 saturated carbocycles. The highest BCUT2D eigenvalue weighted by Gasteiger charge is 2.32. The molecule has 1 aromatic heterocycles. The summed E-state index contributed by atoms with van der Waals surface area (Å²) in [6.45, 7) is 4.19. The minimum atomic E-state index is -3.71. The summed E-state index contributed by atoms with van der Waals surface area (Å²) in [4.78, 5) is 27.8. The highest BCUT2D eigenvalue weighted by Crippen LogP contribution is 2.23.